The van der Waals surface area contributed by atoms with Crippen LogP contribution in [-0.2, 0) is 9.31 Å². The predicted molar refractivity (Wildman–Crippen MR) is 121 cm³/mol. The Hall–Kier alpha value is -1.91. The van der Waals surface area contributed by atoms with Gasteiger partial charge in [-0.1, -0.05) is 37.3 Å². The van der Waals surface area contributed by atoms with Crippen LogP contribution < -0.4 is 10.5 Å². The normalized spacial score (nSPS) is 21.8. The van der Waals surface area contributed by atoms with E-state index in [2.05, 4.69) is 88.1 Å². The van der Waals surface area contributed by atoms with Crippen LogP contribution in [0.25, 0.3) is 10.8 Å². The lowest BCUT2D eigenvalue weighted by Crippen LogP contribution is -2.44. The first-order chi connectivity index (χ1) is 13.2. The van der Waals surface area contributed by atoms with Crippen LogP contribution in [0.3, 0.4) is 0 Å². The number of allylic oxidation sites excluding steroid dienone is 1. The van der Waals surface area contributed by atoms with Crippen LogP contribution in [0.2, 0.25) is 11.6 Å². The van der Waals surface area contributed by atoms with Gasteiger partial charge in [-0.3, -0.25) is 0 Å². The summed E-state index contributed by atoms with van der Waals surface area (Å²) in [6.07, 6.45) is 3.64. The Morgan fingerprint density at radius 2 is 1.54 bits per heavy atom. The zero-order valence-electron chi connectivity index (χ0n) is 17.6. The van der Waals surface area contributed by atoms with Crippen molar-refractivity contribution in [2.24, 2.45) is 0 Å². The van der Waals surface area contributed by atoms with Gasteiger partial charge in [-0.2, -0.15) is 0 Å². The van der Waals surface area contributed by atoms with Crippen LogP contribution in [-0.4, -0.2) is 25.3 Å². The van der Waals surface area contributed by atoms with E-state index in [1.807, 2.05) is 6.08 Å². The Labute approximate surface area is 169 Å². The summed E-state index contributed by atoms with van der Waals surface area (Å²) >= 11 is 0. The van der Waals surface area contributed by atoms with Gasteiger partial charge in [0.1, 0.15) is 0 Å². The second-order valence-corrected chi connectivity index (χ2v) is 9.49. The molecule has 2 N–H and O–H groups in total. The monoisotopic (exact) mass is 376 g/mol. The lowest BCUT2D eigenvalue weighted by atomic mass is 9.46. The average molecular weight is 376 g/mol. The van der Waals surface area contributed by atoms with E-state index < -0.39 is 0 Å². The molecule has 0 bridgehead atoms. The summed E-state index contributed by atoms with van der Waals surface area (Å²) in [5.41, 5.74) is 1.66. The van der Waals surface area contributed by atoms with E-state index in [0.717, 1.165) is 12.7 Å². The number of nitrogens with one attached hydrogen (secondary N) is 2. The third kappa shape index (κ3) is 3.13. The highest BCUT2D eigenvalue weighted by Crippen LogP contribution is 2.50. The van der Waals surface area contributed by atoms with Crippen molar-refractivity contribution >= 4 is 36.2 Å². The minimum Gasteiger partial charge on any atom is -0.409 e. The molecule has 2 aliphatic rings. The van der Waals surface area contributed by atoms with Crippen molar-refractivity contribution in [1.82, 2.24) is 0 Å². The molecule has 0 aliphatic carbocycles. The molecule has 1 saturated heterocycles. The number of benzene rings is 2. The highest BCUT2D eigenvalue weighted by Gasteiger charge is 2.58. The van der Waals surface area contributed by atoms with Crippen LogP contribution >= 0.6 is 0 Å². The van der Waals surface area contributed by atoms with Crippen LogP contribution in [0.4, 0.5) is 11.4 Å². The van der Waals surface area contributed by atoms with Gasteiger partial charge in [0.25, 0.3) is 0 Å². The van der Waals surface area contributed by atoms with Gasteiger partial charge < -0.3 is 19.8 Å². The lowest BCUT2D eigenvalue weighted by Gasteiger charge is -2.35. The summed E-state index contributed by atoms with van der Waals surface area (Å²) in [5.74, 6) is 0. The molecule has 1 fully saturated rings. The van der Waals surface area contributed by atoms with Crippen molar-refractivity contribution in [3.8, 4) is 0 Å². The predicted octanol–water partition coefficient (Wildman–Crippen LogP) is 5.59. The summed E-state index contributed by atoms with van der Waals surface area (Å²) in [6, 6.07) is 12.8. The molecular formula is C22H30B2N2O2. The number of hydrogen-bond acceptors (Lipinski definition) is 4. The number of anilines is 2. The minimum absolute atomic E-state index is 0.0875. The Kier molecular flexibility index (Phi) is 4.55. The quantitative estimate of drug-likeness (QED) is 0.527. The SMILES string of the molecule is C=CCC(C)(CB1Nc2cccc3cccc(c23)N1)B1OC(C)(C)C(C)(C)O1. The molecule has 2 aromatic carbocycles. The van der Waals surface area contributed by atoms with Gasteiger partial charge in [0.15, 0.2) is 0 Å². The topological polar surface area (TPSA) is 42.5 Å². The molecule has 4 rings (SSSR count). The summed E-state index contributed by atoms with van der Waals surface area (Å²) < 4.78 is 12.8. The molecule has 28 heavy (non-hydrogen) atoms. The highest BCUT2D eigenvalue weighted by molar-refractivity contribution is 6.70. The zero-order chi connectivity index (χ0) is 20.2. The summed E-state index contributed by atoms with van der Waals surface area (Å²) in [6.45, 7) is 14.7. The minimum atomic E-state index is -0.342. The maximum Gasteiger partial charge on any atom is 0.463 e. The van der Waals surface area contributed by atoms with E-state index in [-0.39, 0.29) is 30.6 Å². The Morgan fingerprint density at radius 3 is 2.04 bits per heavy atom. The molecule has 146 valence electrons. The van der Waals surface area contributed by atoms with Crippen molar-refractivity contribution in [2.45, 2.75) is 63.9 Å². The van der Waals surface area contributed by atoms with Crippen LogP contribution in [0.5, 0.6) is 0 Å². The molecule has 0 aromatic heterocycles. The molecule has 2 aliphatic heterocycles. The molecule has 0 amide bonds. The van der Waals surface area contributed by atoms with Crippen molar-refractivity contribution < 1.29 is 9.31 Å². The Balaban J connectivity index is 1.60. The first-order valence-electron chi connectivity index (χ1n) is 10.2. The molecule has 2 aromatic rings. The number of rotatable bonds is 5. The molecule has 0 saturated carbocycles. The van der Waals surface area contributed by atoms with Crippen LogP contribution in [0.1, 0.15) is 41.0 Å². The molecular weight excluding hydrogens is 346 g/mol. The largest absolute Gasteiger partial charge is 0.463 e. The fraction of sp³-hybridized carbons (Fsp3) is 0.455. The van der Waals surface area contributed by atoms with E-state index in [4.69, 9.17) is 9.31 Å². The molecule has 0 spiro atoms. The zero-order valence-corrected chi connectivity index (χ0v) is 17.6. The van der Waals surface area contributed by atoms with E-state index in [9.17, 15) is 0 Å². The molecule has 6 heteroatoms. The smallest absolute Gasteiger partial charge is 0.409 e. The van der Waals surface area contributed by atoms with Gasteiger partial charge in [0.05, 0.1) is 11.2 Å². The Bertz CT molecular complexity index is 858. The van der Waals surface area contributed by atoms with Crippen LogP contribution in [0.15, 0.2) is 49.1 Å². The molecule has 1 unspecified atom stereocenters. The van der Waals surface area contributed by atoms with E-state index in [0.29, 0.717) is 0 Å². The van der Waals surface area contributed by atoms with E-state index in [1.165, 1.54) is 22.1 Å². The Morgan fingerprint density at radius 1 is 1.00 bits per heavy atom. The second-order valence-electron chi connectivity index (χ2n) is 9.49. The number of hydrogen-bond donors (Lipinski definition) is 2. The second kappa shape index (κ2) is 6.57. The molecule has 1 atom stereocenters. The standard InChI is InChI=1S/C22H30B2N2O2/c1-7-14-22(6,24-27-20(2,3)21(4,5)28-24)15-23-25-17-12-8-10-16-11-9-13-18(26-23)19(16)17/h7-13,25-26H,1,14-15H2,2-6H3. The maximum absolute atomic E-state index is 6.42. The molecule has 2 heterocycles. The van der Waals surface area contributed by atoms with E-state index >= 15 is 0 Å². The maximum atomic E-state index is 6.42. The third-order valence-corrected chi connectivity index (χ3v) is 6.67. The lowest BCUT2D eigenvalue weighted by molar-refractivity contribution is 0.00578. The van der Waals surface area contributed by atoms with Crippen molar-refractivity contribution in [1.29, 1.82) is 0 Å². The van der Waals surface area contributed by atoms with E-state index in [1.54, 1.807) is 0 Å². The summed E-state index contributed by atoms with van der Waals surface area (Å²) in [4.78, 5) is 0. The summed E-state index contributed by atoms with van der Waals surface area (Å²) in [7, 11) is -0.285. The fourth-order valence-corrected chi connectivity index (χ4v) is 4.29. The van der Waals surface area contributed by atoms with Gasteiger partial charge >= 0.3 is 14.1 Å². The first-order valence-corrected chi connectivity index (χ1v) is 10.2. The fourth-order valence-electron chi connectivity index (χ4n) is 4.29. The van der Waals surface area contributed by atoms with Crippen molar-refractivity contribution in [3.05, 3.63) is 49.1 Å². The summed E-state index contributed by atoms with van der Waals surface area (Å²) in [5, 5.41) is 9.65. The average Bonchev–Trinajstić information content (AvgIpc) is 2.84. The molecule has 4 nitrogen and oxygen atoms in total. The van der Waals surface area contributed by atoms with Gasteiger partial charge in [0.2, 0.25) is 0 Å². The van der Waals surface area contributed by atoms with Crippen LogP contribution in [0, 0.1) is 0 Å². The van der Waals surface area contributed by atoms with Crippen molar-refractivity contribution in [2.75, 3.05) is 10.5 Å². The van der Waals surface area contributed by atoms with Gasteiger partial charge in [-0.25, -0.2) is 0 Å². The van der Waals surface area contributed by atoms with Gasteiger partial charge in [-0.15, -0.1) is 6.58 Å². The van der Waals surface area contributed by atoms with Crippen molar-refractivity contribution in [3.63, 3.8) is 0 Å². The highest BCUT2D eigenvalue weighted by atomic mass is 16.7. The third-order valence-electron chi connectivity index (χ3n) is 6.67. The molecule has 0 radical (unpaired) electrons. The first kappa shape index (κ1) is 19.4. The van der Waals surface area contributed by atoms with Gasteiger partial charge in [0, 0.05) is 22.1 Å². The van der Waals surface area contributed by atoms with Gasteiger partial charge in [-0.05, 0) is 58.0 Å².